The van der Waals surface area contributed by atoms with Crippen molar-refractivity contribution in [3.05, 3.63) is 211 Å². The maximum Gasteiger partial charge on any atom is 0.0668 e. The SMILES string of the molecule is CC1=Nc2ccccc2Cc2ccccc2-c2cc(-c3ccc4cc(-c5c6ccccc6cc6c(-c7ccccc7)c7ccccc7cc56)ccc4c3)ccc21. The average Bonchev–Trinajstić information content (AvgIpc) is 3.30. The number of fused-ring (bicyclic) bond motifs is 8. The summed E-state index contributed by atoms with van der Waals surface area (Å²) in [4.78, 5) is 5.15. The van der Waals surface area contributed by atoms with Crippen LogP contribution < -0.4 is 0 Å². The van der Waals surface area contributed by atoms with Crippen molar-refractivity contribution in [2.45, 2.75) is 13.3 Å². The Balaban J connectivity index is 1.06. The first-order valence-corrected chi connectivity index (χ1v) is 19.5. The summed E-state index contributed by atoms with van der Waals surface area (Å²) in [6.07, 6.45) is 0.848. The van der Waals surface area contributed by atoms with Gasteiger partial charge in [0.05, 0.1) is 5.69 Å². The normalized spacial score (nSPS) is 12.4. The van der Waals surface area contributed by atoms with Crippen LogP contribution in [0.2, 0.25) is 0 Å². The van der Waals surface area contributed by atoms with Crippen LogP contribution in [0.4, 0.5) is 5.69 Å². The lowest BCUT2D eigenvalue weighted by Crippen LogP contribution is -1.99. The Hall–Kier alpha value is -7.09. The van der Waals surface area contributed by atoms with Crippen LogP contribution >= 0.6 is 0 Å². The van der Waals surface area contributed by atoms with Gasteiger partial charge in [-0.05, 0) is 142 Å². The predicted molar refractivity (Wildman–Crippen MR) is 239 cm³/mol. The monoisotopic (exact) mass is 711 g/mol. The van der Waals surface area contributed by atoms with E-state index in [1.54, 1.807) is 0 Å². The molecule has 0 unspecified atom stereocenters. The van der Waals surface area contributed by atoms with E-state index in [1.165, 1.54) is 104 Å². The van der Waals surface area contributed by atoms with Gasteiger partial charge in [-0.15, -0.1) is 0 Å². The van der Waals surface area contributed by atoms with Crippen molar-refractivity contribution in [1.29, 1.82) is 0 Å². The summed E-state index contributed by atoms with van der Waals surface area (Å²) >= 11 is 0. The standard InChI is InChI=1S/C55H37N/c1-35-46-28-27-40(32-50(46)47-19-9-5-15-41(47)31-44-18-8-12-22-53(44)56-35)38-23-24-39-30-45(26-25-37(39)29-38)55-49-21-11-7-17-43(49)33-51-52(55)34-42-16-6-10-20-48(42)54(51)36-13-3-2-4-14-36/h2-30,32-34H,31H2,1H3. The van der Waals surface area contributed by atoms with Crippen LogP contribution in [0.25, 0.3) is 87.6 Å². The van der Waals surface area contributed by atoms with E-state index >= 15 is 0 Å². The minimum atomic E-state index is 0.848. The molecule has 0 fully saturated rings. The molecule has 0 aromatic heterocycles. The van der Waals surface area contributed by atoms with E-state index in [1.807, 2.05) is 0 Å². The van der Waals surface area contributed by atoms with Crippen LogP contribution in [0.1, 0.15) is 23.6 Å². The summed E-state index contributed by atoms with van der Waals surface area (Å²) in [7, 11) is 0. The molecule has 1 aliphatic heterocycles. The van der Waals surface area contributed by atoms with E-state index in [4.69, 9.17) is 4.99 Å². The summed E-state index contributed by atoms with van der Waals surface area (Å²) in [5.41, 5.74) is 15.8. The van der Waals surface area contributed by atoms with E-state index in [0.717, 1.165) is 17.8 Å². The van der Waals surface area contributed by atoms with Crippen LogP contribution in [-0.2, 0) is 6.42 Å². The van der Waals surface area contributed by atoms with Gasteiger partial charge < -0.3 is 0 Å². The van der Waals surface area contributed by atoms with Gasteiger partial charge in [-0.2, -0.15) is 0 Å². The molecule has 262 valence electrons. The van der Waals surface area contributed by atoms with E-state index < -0.39 is 0 Å². The van der Waals surface area contributed by atoms with E-state index in [2.05, 4.69) is 201 Å². The van der Waals surface area contributed by atoms with Crippen molar-refractivity contribution in [3.8, 4) is 44.5 Å². The van der Waals surface area contributed by atoms with Crippen LogP contribution in [0.15, 0.2) is 199 Å². The van der Waals surface area contributed by atoms with Crippen molar-refractivity contribution in [3.63, 3.8) is 0 Å². The van der Waals surface area contributed by atoms with Gasteiger partial charge in [-0.1, -0.05) is 158 Å². The zero-order valence-electron chi connectivity index (χ0n) is 31.1. The molecule has 0 N–H and O–H groups in total. The zero-order valence-corrected chi connectivity index (χ0v) is 31.1. The largest absolute Gasteiger partial charge is 0.253 e. The number of hydrogen-bond acceptors (Lipinski definition) is 1. The molecule has 1 aliphatic rings. The fourth-order valence-electron chi connectivity index (χ4n) is 9.09. The minimum Gasteiger partial charge on any atom is -0.253 e. The summed E-state index contributed by atoms with van der Waals surface area (Å²) in [6.45, 7) is 2.14. The highest BCUT2D eigenvalue weighted by atomic mass is 14.7. The van der Waals surface area contributed by atoms with Crippen molar-refractivity contribution in [2.75, 3.05) is 0 Å². The Bertz CT molecular complexity index is 3220. The van der Waals surface area contributed by atoms with Crippen molar-refractivity contribution >= 4 is 54.5 Å². The Morgan fingerprint density at radius 1 is 0.339 bits per heavy atom. The maximum absolute atomic E-state index is 5.15. The molecule has 0 saturated heterocycles. The van der Waals surface area contributed by atoms with Gasteiger partial charge in [0.25, 0.3) is 0 Å². The van der Waals surface area contributed by atoms with E-state index in [0.29, 0.717) is 0 Å². The van der Waals surface area contributed by atoms with Crippen molar-refractivity contribution in [2.24, 2.45) is 4.99 Å². The lowest BCUT2D eigenvalue weighted by Gasteiger charge is -2.18. The topological polar surface area (TPSA) is 12.4 Å². The lowest BCUT2D eigenvalue weighted by molar-refractivity contribution is 1.19. The number of para-hydroxylation sites is 1. The number of hydrogen-bond donors (Lipinski definition) is 0. The zero-order chi connectivity index (χ0) is 37.2. The second-order valence-electron chi connectivity index (χ2n) is 15.1. The third-order valence-corrected chi connectivity index (χ3v) is 11.8. The second kappa shape index (κ2) is 13.0. The van der Waals surface area contributed by atoms with Crippen LogP contribution in [0, 0.1) is 0 Å². The lowest BCUT2D eigenvalue weighted by atomic mass is 9.85. The summed E-state index contributed by atoms with van der Waals surface area (Å²) in [5.74, 6) is 0. The molecule has 0 aliphatic carbocycles. The molecule has 0 radical (unpaired) electrons. The minimum absolute atomic E-state index is 0.848. The molecule has 0 bridgehead atoms. The molecule has 0 spiro atoms. The molecule has 0 atom stereocenters. The smallest absolute Gasteiger partial charge is 0.0668 e. The first-order valence-electron chi connectivity index (χ1n) is 19.5. The van der Waals surface area contributed by atoms with Gasteiger partial charge in [0.1, 0.15) is 0 Å². The van der Waals surface area contributed by atoms with Crippen LogP contribution in [-0.4, -0.2) is 5.71 Å². The van der Waals surface area contributed by atoms with Gasteiger partial charge in [0, 0.05) is 17.7 Å². The van der Waals surface area contributed by atoms with Crippen molar-refractivity contribution in [1.82, 2.24) is 0 Å². The predicted octanol–water partition coefficient (Wildman–Crippen LogP) is 15.0. The summed E-state index contributed by atoms with van der Waals surface area (Å²) in [6, 6.07) is 71.5. The number of benzene rings is 10. The average molecular weight is 712 g/mol. The highest BCUT2D eigenvalue weighted by Gasteiger charge is 2.19. The highest BCUT2D eigenvalue weighted by Crippen LogP contribution is 2.45. The second-order valence-corrected chi connectivity index (χ2v) is 15.1. The van der Waals surface area contributed by atoms with Gasteiger partial charge >= 0.3 is 0 Å². The number of nitrogens with zero attached hydrogens (tertiary/aromatic N) is 1. The molecule has 1 nitrogen and oxygen atoms in total. The fourth-order valence-corrected chi connectivity index (χ4v) is 9.09. The summed E-state index contributed by atoms with van der Waals surface area (Å²) < 4.78 is 0. The van der Waals surface area contributed by atoms with E-state index in [9.17, 15) is 0 Å². The van der Waals surface area contributed by atoms with Gasteiger partial charge in [-0.3, -0.25) is 4.99 Å². The van der Waals surface area contributed by atoms with Gasteiger partial charge in [0.15, 0.2) is 0 Å². The van der Waals surface area contributed by atoms with Crippen LogP contribution in [0.3, 0.4) is 0 Å². The Labute approximate surface area is 326 Å². The molecular formula is C55H37N. The molecule has 0 saturated carbocycles. The Morgan fingerprint density at radius 3 is 1.64 bits per heavy atom. The van der Waals surface area contributed by atoms with E-state index in [-0.39, 0.29) is 0 Å². The Morgan fingerprint density at radius 2 is 0.893 bits per heavy atom. The summed E-state index contributed by atoms with van der Waals surface area (Å²) in [5, 5.41) is 10.0. The maximum atomic E-state index is 5.15. The van der Waals surface area contributed by atoms with Crippen molar-refractivity contribution < 1.29 is 0 Å². The van der Waals surface area contributed by atoms with Gasteiger partial charge in [0.2, 0.25) is 0 Å². The molecule has 0 amide bonds. The fraction of sp³-hybridized carbons (Fsp3) is 0.0364. The third-order valence-electron chi connectivity index (χ3n) is 11.8. The van der Waals surface area contributed by atoms with Gasteiger partial charge in [-0.25, -0.2) is 0 Å². The molecule has 1 heteroatoms. The molecular weight excluding hydrogens is 675 g/mol. The number of rotatable bonds is 3. The first-order chi connectivity index (χ1) is 27.7. The highest BCUT2D eigenvalue weighted by molar-refractivity contribution is 6.22. The Kier molecular flexibility index (Phi) is 7.53. The molecule has 1 heterocycles. The quantitative estimate of drug-likeness (QED) is 0.162. The third kappa shape index (κ3) is 5.35. The van der Waals surface area contributed by atoms with Crippen LogP contribution in [0.5, 0.6) is 0 Å². The molecule has 11 rings (SSSR count). The molecule has 10 aromatic rings. The number of aliphatic imine (C=N–C) groups is 1. The molecule has 56 heavy (non-hydrogen) atoms. The first kappa shape index (κ1) is 32.3. The molecule has 10 aromatic carbocycles.